The Kier molecular flexibility index (Phi) is 5.83. The minimum Gasteiger partial charge on any atom is -0.496 e. The number of nitrogen functional groups attached to an aromatic ring is 1. The minimum absolute atomic E-state index is 0.0188. The maximum absolute atomic E-state index is 11.9. The summed E-state index contributed by atoms with van der Waals surface area (Å²) in [5.41, 5.74) is 6.38. The Morgan fingerprint density at radius 2 is 2.05 bits per heavy atom. The first-order valence-electron chi connectivity index (χ1n) is 6.34. The quantitative estimate of drug-likeness (QED) is 0.606. The molecule has 6 nitrogen and oxygen atoms in total. The van der Waals surface area contributed by atoms with Crippen molar-refractivity contribution >= 4 is 17.6 Å². The van der Waals surface area contributed by atoms with Gasteiger partial charge < -0.3 is 20.5 Å². The molecule has 6 heteroatoms. The van der Waals surface area contributed by atoms with E-state index in [0.717, 1.165) is 0 Å². The fraction of sp³-hybridized carbons (Fsp3) is 0.429. The summed E-state index contributed by atoms with van der Waals surface area (Å²) in [5, 5.41) is 2.71. The van der Waals surface area contributed by atoms with Gasteiger partial charge in [0, 0.05) is 17.8 Å². The van der Waals surface area contributed by atoms with E-state index in [1.165, 1.54) is 13.2 Å². The Morgan fingerprint density at radius 3 is 2.65 bits per heavy atom. The molecule has 3 N–H and O–H groups in total. The van der Waals surface area contributed by atoms with Gasteiger partial charge in [-0.2, -0.15) is 0 Å². The number of ether oxygens (including phenoxy) is 2. The molecule has 0 bridgehead atoms. The lowest BCUT2D eigenvalue weighted by atomic mass is 10.2. The van der Waals surface area contributed by atoms with Crippen molar-refractivity contribution in [2.45, 2.75) is 26.3 Å². The van der Waals surface area contributed by atoms with Gasteiger partial charge in [0.2, 0.25) is 5.91 Å². The zero-order chi connectivity index (χ0) is 15.1. The van der Waals surface area contributed by atoms with E-state index >= 15 is 0 Å². The lowest BCUT2D eigenvalue weighted by molar-refractivity contribution is -0.122. The number of anilines is 1. The number of carbonyl (C=O) groups excluding carboxylic acids is 2. The zero-order valence-corrected chi connectivity index (χ0v) is 11.9. The molecule has 0 aliphatic carbocycles. The van der Waals surface area contributed by atoms with Crippen LogP contribution in [0.3, 0.4) is 0 Å². The molecule has 0 aliphatic rings. The summed E-state index contributed by atoms with van der Waals surface area (Å²) in [5.74, 6) is -0.349. The highest BCUT2D eigenvalue weighted by Gasteiger charge is 2.14. The van der Waals surface area contributed by atoms with Crippen LogP contribution in [-0.4, -0.2) is 31.6 Å². The highest BCUT2D eigenvalue weighted by Crippen LogP contribution is 2.22. The van der Waals surface area contributed by atoms with E-state index < -0.39 is 5.97 Å². The Hall–Kier alpha value is -2.24. The van der Waals surface area contributed by atoms with Gasteiger partial charge in [-0.25, -0.2) is 4.79 Å². The average Bonchev–Trinajstić information content (AvgIpc) is 2.37. The molecular formula is C14H20N2O4. The molecule has 1 rings (SSSR count). The van der Waals surface area contributed by atoms with E-state index in [1.54, 1.807) is 12.1 Å². The number of hydrogen-bond acceptors (Lipinski definition) is 5. The Balaban J connectivity index is 2.53. The van der Waals surface area contributed by atoms with Crippen LogP contribution < -0.4 is 15.8 Å². The third-order valence-corrected chi connectivity index (χ3v) is 2.46. The van der Waals surface area contributed by atoms with E-state index in [9.17, 15) is 9.59 Å². The normalized spacial score (nSPS) is 10.2. The van der Waals surface area contributed by atoms with Crippen LogP contribution in [0.2, 0.25) is 0 Å². The molecule has 0 atom stereocenters. The van der Waals surface area contributed by atoms with Crippen molar-refractivity contribution in [3.05, 3.63) is 23.8 Å². The first-order chi connectivity index (χ1) is 9.43. The van der Waals surface area contributed by atoms with Crippen molar-refractivity contribution < 1.29 is 19.1 Å². The first-order valence-corrected chi connectivity index (χ1v) is 6.34. The highest BCUT2D eigenvalue weighted by atomic mass is 16.5. The van der Waals surface area contributed by atoms with Gasteiger partial charge in [-0.3, -0.25) is 4.79 Å². The molecule has 1 aromatic carbocycles. The fourth-order valence-electron chi connectivity index (χ4n) is 1.58. The molecule has 110 valence electrons. The predicted molar refractivity (Wildman–Crippen MR) is 75.6 cm³/mol. The van der Waals surface area contributed by atoms with E-state index in [1.807, 2.05) is 13.8 Å². The largest absolute Gasteiger partial charge is 0.496 e. The van der Waals surface area contributed by atoms with Crippen LogP contribution in [0.15, 0.2) is 18.2 Å². The maximum atomic E-state index is 11.9. The third kappa shape index (κ3) is 4.79. The number of carbonyl (C=O) groups is 2. The topological polar surface area (TPSA) is 90.7 Å². The number of rotatable bonds is 6. The molecule has 0 aromatic heterocycles. The van der Waals surface area contributed by atoms with Crippen molar-refractivity contribution in [3.63, 3.8) is 0 Å². The summed E-state index contributed by atoms with van der Waals surface area (Å²) in [6.45, 7) is 3.75. The molecule has 0 radical (unpaired) electrons. The molecule has 0 fully saturated rings. The summed E-state index contributed by atoms with van der Waals surface area (Å²) in [6.07, 6.45) is 0.126. The average molecular weight is 280 g/mol. The van der Waals surface area contributed by atoms with Gasteiger partial charge in [0.25, 0.3) is 0 Å². The molecule has 0 saturated heterocycles. The lowest BCUT2D eigenvalue weighted by Crippen LogP contribution is -2.31. The van der Waals surface area contributed by atoms with Crippen LogP contribution in [0, 0.1) is 0 Å². The number of esters is 1. The zero-order valence-electron chi connectivity index (χ0n) is 11.9. The molecule has 0 heterocycles. The van der Waals surface area contributed by atoms with E-state index in [-0.39, 0.29) is 30.5 Å². The third-order valence-electron chi connectivity index (χ3n) is 2.46. The van der Waals surface area contributed by atoms with Crippen molar-refractivity contribution in [2.75, 3.05) is 19.5 Å². The maximum Gasteiger partial charge on any atom is 0.341 e. The van der Waals surface area contributed by atoms with Crippen molar-refractivity contribution in [1.29, 1.82) is 0 Å². The summed E-state index contributed by atoms with van der Waals surface area (Å²) in [6, 6.07) is 4.73. The SMILES string of the molecule is COc1cc(N)ccc1C(=O)OCCC(=O)NC(C)C. The summed E-state index contributed by atoms with van der Waals surface area (Å²) in [4.78, 5) is 23.3. The van der Waals surface area contributed by atoms with Crippen LogP contribution in [0.5, 0.6) is 5.75 Å². The van der Waals surface area contributed by atoms with E-state index in [4.69, 9.17) is 15.2 Å². The summed E-state index contributed by atoms with van der Waals surface area (Å²) >= 11 is 0. The fourth-order valence-corrected chi connectivity index (χ4v) is 1.58. The number of methoxy groups -OCH3 is 1. The number of nitrogens with one attached hydrogen (secondary N) is 1. The van der Waals surface area contributed by atoms with Gasteiger partial charge in [-0.15, -0.1) is 0 Å². The van der Waals surface area contributed by atoms with Gasteiger partial charge in [0.05, 0.1) is 13.5 Å². The summed E-state index contributed by atoms with van der Waals surface area (Å²) < 4.78 is 10.1. The lowest BCUT2D eigenvalue weighted by Gasteiger charge is -2.10. The van der Waals surface area contributed by atoms with Gasteiger partial charge in [-0.1, -0.05) is 0 Å². The second-order valence-corrected chi connectivity index (χ2v) is 4.57. The van der Waals surface area contributed by atoms with Crippen LogP contribution in [0.1, 0.15) is 30.6 Å². The first kappa shape index (κ1) is 15.8. The van der Waals surface area contributed by atoms with Crippen LogP contribution in [-0.2, 0) is 9.53 Å². The molecule has 0 unspecified atom stereocenters. The van der Waals surface area contributed by atoms with Gasteiger partial charge in [0.15, 0.2) is 0 Å². The standard InChI is InChI=1S/C14H20N2O4/c1-9(2)16-13(17)6-7-20-14(18)11-5-4-10(15)8-12(11)19-3/h4-5,8-9H,6-7,15H2,1-3H3,(H,16,17). The smallest absolute Gasteiger partial charge is 0.341 e. The van der Waals surface area contributed by atoms with Crippen molar-refractivity contribution in [1.82, 2.24) is 5.32 Å². The summed E-state index contributed by atoms with van der Waals surface area (Å²) in [7, 11) is 1.45. The molecule has 0 saturated carbocycles. The number of hydrogen-bond donors (Lipinski definition) is 2. The molecule has 0 spiro atoms. The molecule has 1 aromatic rings. The molecule has 1 amide bonds. The number of nitrogens with two attached hydrogens (primary N) is 1. The van der Waals surface area contributed by atoms with Gasteiger partial charge >= 0.3 is 5.97 Å². The van der Waals surface area contributed by atoms with Crippen molar-refractivity contribution in [2.24, 2.45) is 0 Å². The monoisotopic (exact) mass is 280 g/mol. The Bertz CT molecular complexity index is 486. The highest BCUT2D eigenvalue weighted by molar-refractivity contribution is 5.93. The number of amides is 1. The molecule has 0 aliphatic heterocycles. The van der Waals surface area contributed by atoms with E-state index in [2.05, 4.69) is 5.32 Å². The number of benzene rings is 1. The van der Waals surface area contributed by atoms with Crippen LogP contribution in [0.4, 0.5) is 5.69 Å². The second-order valence-electron chi connectivity index (χ2n) is 4.57. The second kappa shape index (κ2) is 7.37. The predicted octanol–water partition coefficient (Wildman–Crippen LogP) is 1.35. The van der Waals surface area contributed by atoms with Crippen LogP contribution >= 0.6 is 0 Å². The molecule has 20 heavy (non-hydrogen) atoms. The Morgan fingerprint density at radius 1 is 1.35 bits per heavy atom. The molecular weight excluding hydrogens is 260 g/mol. The van der Waals surface area contributed by atoms with Gasteiger partial charge in [0.1, 0.15) is 17.9 Å². The van der Waals surface area contributed by atoms with Crippen molar-refractivity contribution in [3.8, 4) is 5.75 Å². The van der Waals surface area contributed by atoms with Crippen LogP contribution in [0.25, 0.3) is 0 Å². The Labute approximate surface area is 118 Å². The van der Waals surface area contributed by atoms with Gasteiger partial charge in [-0.05, 0) is 26.0 Å². The van der Waals surface area contributed by atoms with E-state index in [0.29, 0.717) is 11.4 Å². The minimum atomic E-state index is -0.542.